The Morgan fingerprint density at radius 1 is 1.40 bits per heavy atom. The summed E-state index contributed by atoms with van der Waals surface area (Å²) in [5.74, 6) is -0.151. The molecule has 0 saturated heterocycles. The summed E-state index contributed by atoms with van der Waals surface area (Å²) in [5.41, 5.74) is 0. The molecule has 5 heteroatoms. The predicted molar refractivity (Wildman–Crippen MR) is 84.4 cm³/mol. The van der Waals surface area contributed by atoms with Gasteiger partial charge >= 0.3 is 5.97 Å². The minimum Gasteiger partial charge on any atom is -0.466 e. The fourth-order valence-corrected chi connectivity index (χ4v) is 3.58. The molecular formula is C15H18ClNO2S. The van der Waals surface area contributed by atoms with Gasteiger partial charge in [0.25, 0.3) is 0 Å². The molecule has 20 heavy (non-hydrogen) atoms. The number of rotatable bonds is 6. The van der Waals surface area contributed by atoms with Crippen LogP contribution < -0.4 is 0 Å². The molecule has 0 amide bonds. The van der Waals surface area contributed by atoms with Crippen LogP contribution in [0.3, 0.4) is 0 Å². The highest BCUT2D eigenvalue weighted by Crippen LogP contribution is 2.35. The molecule has 0 N–H and O–H groups in total. The lowest BCUT2D eigenvalue weighted by molar-refractivity contribution is -0.143. The first kappa shape index (κ1) is 15.3. The van der Waals surface area contributed by atoms with Crippen LogP contribution in [0.15, 0.2) is 24.3 Å². The third kappa shape index (κ3) is 3.72. The van der Waals surface area contributed by atoms with E-state index in [4.69, 9.17) is 16.3 Å². The van der Waals surface area contributed by atoms with Gasteiger partial charge in [-0.15, -0.1) is 11.3 Å². The van der Waals surface area contributed by atoms with Gasteiger partial charge in [-0.05, 0) is 20.0 Å². The van der Waals surface area contributed by atoms with Gasteiger partial charge < -0.3 is 9.64 Å². The second-order valence-electron chi connectivity index (χ2n) is 4.63. The largest absolute Gasteiger partial charge is 0.466 e. The number of hydrogen-bond donors (Lipinski definition) is 0. The van der Waals surface area contributed by atoms with Gasteiger partial charge in [-0.25, -0.2) is 0 Å². The first-order valence-electron chi connectivity index (χ1n) is 6.62. The van der Waals surface area contributed by atoms with Gasteiger partial charge in [-0.1, -0.05) is 29.8 Å². The van der Waals surface area contributed by atoms with E-state index in [0.717, 1.165) is 21.8 Å². The fourth-order valence-electron chi connectivity index (χ4n) is 2.01. The Morgan fingerprint density at radius 3 is 2.85 bits per heavy atom. The minimum atomic E-state index is -0.151. The van der Waals surface area contributed by atoms with E-state index in [1.165, 1.54) is 4.70 Å². The molecule has 2 rings (SSSR count). The molecule has 2 aromatic rings. The Hall–Kier alpha value is -1.10. The van der Waals surface area contributed by atoms with E-state index in [1.54, 1.807) is 11.3 Å². The van der Waals surface area contributed by atoms with Gasteiger partial charge in [0, 0.05) is 28.1 Å². The number of carbonyl (C=O) groups is 1. The highest BCUT2D eigenvalue weighted by atomic mass is 35.5. The number of fused-ring (bicyclic) bond motifs is 1. The molecule has 0 aliphatic heterocycles. The smallest absolute Gasteiger partial charge is 0.307 e. The highest BCUT2D eigenvalue weighted by molar-refractivity contribution is 7.19. The Labute approximate surface area is 128 Å². The van der Waals surface area contributed by atoms with Gasteiger partial charge in [-0.3, -0.25) is 4.79 Å². The Balaban J connectivity index is 1.97. The molecule has 0 radical (unpaired) electrons. The molecule has 0 atom stereocenters. The van der Waals surface area contributed by atoms with Gasteiger partial charge in [0.1, 0.15) is 0 Å². The maximum absolute atomic E-state index is 11.3. The maximum Gasteiger partial charge on any atom is 0.307 e. The van der Waals surface area contributed by atoms with Crippen molar-refractivity contribution in [3.8, 4) is 0 Å². The van der Waals surface area contributed by atoms with Crippen molar-refractivity contribution in [3.05, 3.63) is 34.2 Å². The topological polar surface area (TPSA) is 29.5 Å². The number of esters is 1. The van der Waals surface area contributed by atoms with E-state index in [2.05, 4.69) is 11.0 Å². The summed E-state index contributed by atoms with van der Waals surface area (Å²) in [6, 6.07) is 8.13. The van der Waals surface area contributed by atoms with Crippen LogP contribution in [0.2, 0.25) is 5.02 Å². The summed E-state index contributed by atoms with van der Waals surface area (Å²) in [6.07, 6.45) is 0.410. The molecule has 0 spiro atoms. The second-order valence-corrected chi connectivity index (χ2v) is 6.14. The number of hydrogen-bond acceptors (Lipinski definition) is 4. The third-order valence-corrected chi connectivity index (χ3v) is 4.72. The van der Waals surface area contributed by atoms with Crippen LogP contribution in [0, 0.1) is 0 Å². The quantitative estimate of drug-likeness (QED) is 0.757. The lowest BCUT2D eigenvalue weighted by Gasteiger charge is -2.15. The zero-order chi connectivity index (χ0) is 14.5. The molecule has 108 valence electrons. The van der Waals surface area contributed by atoms with Crippen LogP contribution >= 0.6 is 22.9 Å². The summed E-state index contributed by atoms with van der Waals surface area (Å²) in [5, 5.41) is 1.93. The van der Waals surface area contributed by atoms with Gasteiger partial charge in [0.15, 0.2) is 0 Å². The number of benzene rings is 1. The molecular weight excluding hydrogens is 294 g/mol. The molecule has 1 aromatic carbocycles. The van der Waals surface area contributed by atoms with Crippen LogP contribution in [-0.2, 0) is 16.1 Å². The summed E-state index contributed by atoms with van der Waals surface area (Å²) in [4.78, 5) is 14.6. The molecule has 1 aromatic heterocycles. The van der Waals surface area contributed by atoms with Crippen LogP contribution in [0.5, 0.6) is 0 Å². The van der Waals surface area contributed by atoms with Crippen molar-refractivity contribution in [2.45, 2.75) is 19.9 Å². The molecule has 0 aliphatic rings. The van der Waals surface area contributed by atoms with Gasteiger partial charge in [0.05, 0.1) is 18.1 Å². The van der Waals surface area contributed by atoms with Crippen molar-refractivity contribution in [1.29, 1.82) is 0 Å². The molecule has 0 fully saturated rings. The molecule has 0 saturated carbocycles. The van der Waals surface area contributed by atoms with Crippen molar-refractivity contribution in [3.63, 3.8) is 0 Å². The fraction of sp³-hybridized carbons (Fsp3) is 0.400. The highest BCUT2D eigenvalue weighted by Gasteiger charge is 2.12. The van der Waals surface area contributed by atoms with Crippen LogP contribution in [-0.4, -0.2) is 31.1 Å². The summed E-state index contributed by atoms with van der Waals surface area (Å²) in [6.45, 7) is 3.67. The number of ether oxygens (including phenoxy) is 1. The summed E-state index contributed by atoms with van der Waals surface area (Å²) < 4.78 is 6.13. The average molecular weight is 312 g/mol. The standard InChI is InChI=1S/C15H18ClNO2S/c1-3-19-14(18)8-9-17(2)10-13-15(16)11-6-4-5-7-12(11)20-13/h4-7H,3,8-10H2,1-2H3. The van der Waals surface area contributed by atoms with E-state index in [-0.39, 0.29) is 5.97 Å². The van der Waals surface area contributed by atoms with Crippen molar-refractivity contribution < 1.29 is 9.53 Å². The van der Waals surface area contributed by atoms with E-state index in [0.29, 0.717) is 19.6 Å². The van der Waals surface area contributed by atoms with Crippen molar-refractivity contribution >= 4 is 39.0 Å². The third-order valence-electron chi connectivity index (χ3n) is 3.02. The first-order valence-corrected chi connectivity index (χ1v) is 7.81. The van der Waals surface area contributed by atoms with Gasteiger partial charge in [-0.2, -0.15) is 0 Å². The normalized spacial score (nSPS) is 11.2. The molecule has 0 bridgehead atoms. The SMILES string of the molecule is CCOC(=O)CCN(C)Cc1sc2ccccc2c1Cl. The van der Waals surface area contributed by atoms with E-state index in [9.17, 15) is 4.79 Å². The van der Waals surface area contributed by atoms with Crippen LogP contribution in [0.25, 0.3) is 10.1 Å². The zero-order valence-electron chi connectivity index (χ0n) is 11.7. The minimum absolute atomic E-state index is 0.151. The first-order chi connectivity index (χ1) is 9.61. The number of halogens is 1. The molecule has 0 aliphatic carbocycles. The lowest BCUT2D eigenvalue weighted by Crippen LogP contribution is -2.21. The summed E-state index contributed by atoms with van der Waals surface area (Å²) >= 11 is 8.11. The van der Waals surface area contributed by atoms with Crippen molar-refractivity contribution in [2.24, 2.45) is 0 Å². The molecule has 1 heterocycles. The lowest BCUT2D eigenvalue weighted by atomic mass is 10.2. The Morgan fingerprint density at radius 2 is 2.15 bits per heavy atom. The van der Waals surface area contributed by atoms with Gasteiger partial charge in [0.2, 0.25) is 0 Å². The monoisotopic (exact) mass is 311 g/mol. The Kier molecular flexibility index (Phi) is 5.40. The average Bonchev–Trinajstić information content (AvgIpc) is 2.74. The second kappa shape index (κ2) is 7.07. The predicted octanol–water partition coefficient (Wildman–Crippen LogP) is 3.94. The van der Waals surface area contributed by atoms with Crippen LogP contribution in [0.4, 0.5) is 0 Å². The van der Waals surface area contributed by atoms with Crippen LogP contribution in [0.1, 0.15) is 18.2 Å². The number of thiophene rings is 1. The molecule has 0 unspecified atom stereocenters. The number of nitrogens with zero attached hydrogens (tertiary/aromatic N) is 1. The van der Waals surface area contributed by atoms with E-state index >= 15 is 0 Å². The molecule has 3 nitrogen and oxygen atoms in total. The number of carbonyl (C=O) groups excluding carboxylic acids is 1. The Bertz CT molecular complexity index is 597. The van der Waals surface area contributed by atoms with Crippen molar-refractivity contribution in [2.75, 3.05) is 20.2 Å². The summed E-state index contributed by atoms with van der Waals surface area (Å²) in [7, 11) is 1.99. The zero-order valence-corrected chi connectivity index (χ0v) is 13.3. The van der Waals surface area contributed by atoms with E-state index in [1.807, 2.05) is 32.2 Å². The van der Waals surface area contributed by atoms with E-state index < -0.39 is 0 Å². The maximum atomic E-state index is 11.3. The van der Waals surface area contributed by atoms with Crippen molar-refractivity contribution in [1.82, 2.24) is 4.90 Å².